The fraction of sp³-hybridized carbons (Fsp3) is 0.0556. The molecule has 0 amide bonds. The van der Waals surface area contributed by atoms with Crippen LogP contribution in [-0.4, -0.2) is 0 Å². The minimum atomic E-state index is 0.320. The highest BCUT2D eigenvalue weighted by atomic mass is 16.3. The summed E-state index contributed by atoms with van der Waals surface area (Å²) in [5, 5.41) is 7.51. The van der Waals surface area contributed by atoms with Crippen molar-refractivity contribution >= 4 is 49.6 Å². The predicted octanol–water partition coefficient (Wildman–Crippen LogP) is 9.91. The molecule has 0 N–H and O–H groups in total. The number of allylic oxidation sites excluding steroid dienone is 1. The minimum Gasteiger partial charge on any atom is -0.455 e. The molecule has 1 heteroatoms. The molecule has 1 atom stereocenters. The molecule has 6 aromatic carbocycles. The molecule has 1 aliphatic rings. The SMILES string of the molecule is C1=CC(c2c3ccccc3c(-c3cccc4c3oc3ccccc34)c3ccccc23)Cc2ccccc21. The summed E-state index contributed by atoms with van der Waals surface area (Å²) in [6.07, 6.45) is 5.71. The third-order valence-electron chi connectivity index (χ3n) is 8.02. The summed E-state index contributed by atoms with van der Waals surface area (Å²) in [7, 11) is 0. The number of para-hydroxylation sites is 2. The first-order chi connectivity index (χ1) is 18.4. The molecule has 37 heavy (non-hydrogen) atoms. The van der Waals surface area contributed by atoms with Gasteiger partial charge in [-0.05, 0) is 50.7 Å². The van der Waals surface area contributed by atoms with E-state index in [9.17, 15) is 0 Å². The fourth-order valence-electron chi connectivity index (χ4n) is 6.40. The normalized spacial score (nSPS) is 15.1. The molecule has 174 valence electrons. The van der Waals surface area contributed by atoms with E-state index in [0.29, 0.717) is 5.92 Å². The molecule has 1 aliphatic carbocycles. The van der Waals surface area contributed by atoms with Gasteiger partial charge >= 0.3 is 0 Å². The second-order valence-electron chi connectivity index (χ2n) is 10.0. The van der Waals surface area contributed by atoms with Crippen LogP contribution in [0.25, 0.3) is 60.7 Å². The molecule has 0 radical (unpaired) electrons. The van der Waals surface area contributed by atoms with Gasteiger partial charge in [-0.2, -0.15) is 0 Å². The van der Waals surface area contributed by atoms with Gasteiger partial charge in [-0.15, -0.1) is 0 Å². The van der Waals surface area contributed by atoms with Crippen molar-refractivity contribution in [3.63, 3.8) is 0 Å². The molecule has 1 heterocycles. The number of fused-ring (bicyclic) bond motifs is 6. The van der Waals surface area contributed by atoms with Gasteiger partial charge in [0.15, 0.2) is 0 Å². The molecule has 0 aliphatic heterocycles. The number of rotatable bonds is 2. The lowest BCUT2D eigenvalue weighted by Crippen LogP contribution is -2.07. The first-order valence-electron chi connectivity index (χ1n) is 13.0. The quantitative estimate of drug-likeness (QED) is 0.228. The van der Waals surface area contributed by atoms with Gasteiger partial charge in [0.1, 0.15) is 11.2 Å². The largest absolute Gasteiger partial charge is 0.455 e. The van der Waals surface area contributed by atoms with E-state index in [1.807, 2.05) is 6.07 Å². The van der Waals surface area contributed by atoms with E-state index in [1.54, 1.807) is 0 Å². The summed E-state index contributed by atoms with van der Waals surface area (Å²) < 4.78 is 6.51. The second kappa shape index (κ2) is 7.94. The zero-order chi connectivity index (χ0) is 24.3. The van der Waals surface area contributed by atoms with Crippen molar-refractivity contribution in [3.8, 4) is 11.1 Å². The van der Waals surface area contributed by atoms with Crippen LogP contribution in [0.1, 0.15) is 22.6 Å². The Balaban J connectivity index is 1.47. The lowest BCUT2D eigenvalue weighted by atomic mass is 9.79. The van der Waals surface area contributed by atoms with Crippen LogP contribution in [0.15, 0.2) is 126 Å². The van der Waals surface area contributed by atoms with Crippen LogP contribution in [-0.2, 0) is 6.42 Å². The average molecular weight is 473 g/mol. The van der Waals surface area contributed by atoms with Gasteiger partial charge in [-0.25, -0.2) is 0 Å². The summed E-state index contributed by atoms with van der Waals surface area (Å²) in [5.41, 5.74) is 8.45. The highest BCUT2D eigenvalue weighted by molar-refractivity contribution is 6.20. The van der Waals surface area contributed by atoms with E-state index in [2.05, 4.69) is 121 Å². The van der Waals surface area contributed by atoms with Crippen molar-refractivity contribution in [2.24, 2.45) is 0 Å². The highest BCUT2D eigenvalue weighted by Crippen LogP contribution is 2.46. The van der Waals surface area contributed by atoms with Crippen LogP contribution in [0.2, 0.25) is 0 Å². The summed E-state index contributed by atoms with van der Waals surface area (Å²) in [6, 6.07) is 41.5. The lowest BCUT2D eigenvalue weighted by molar-refractivity contribution is 0.670. The fourth-order valence-corrected chi connectivity index (χ4v) is 6.40. The van der Waals surface area contributed by atoms with Gasteiger partial charge in [0.2, 0.25) is 0 Å². The summed E-state index contributed by atoms with van der Waals surface area (Å²) >= 11 is 0. The molecular formula is C36H24O. The predicted molar refractivity (Wildman–Crippen MR) is 156 cm³/mol. The standard InChI is InChI=1S/C36H24O/c1-2-11-24-22-25(21-20-23(24)10-1)34-27-13-3-5-15-29(27)35(30-16-6-4-14-28(30)34)32-18-9-17-31-26-12-7-8-19-33(26)37-36(31)32/h1-21,25H,22H2. The number of benzene rings is 6. The Morgan fingerprint density at radius 1 is 0.541 bits per heavy atom. The van der Waals surface area contributed by atoms with Gasteiger partial charge < -0.3 is 4.42 Å². The molecule has 0 bridgehead atoms. The van der Waals surface area contributed by atoms with Crippen molar-refractivity contribution in [1.29, 1.82) is 0 Å². The maximum absolute atomic E-state index is 6.51. The van der Waals surface area contributed by atoms with Gasteiger partial charge in [0.05, 0.1) is 0 Å². The molecule has 0 saturated carbocycles. The van der Waals surface area contributed by atoms with Crippen molar-refractivity contribution in [2.45, 2.75) is 12.3 Å². The summed E-state index contributed by atoms with van der Waals surface area (Å²) in [5.74, 6) is 0.320. The number of furan rings is 1. The maximum Gasteiger partial charge on any atom is 0.143 e. The zero-order valence-electron chi connectivity index (χ0n) is 20.3. The van der Waals surface area contributed by atoms with Crippen LogP contribution in [0.5, 0.6) is 0 Å². The summed E-state index contributed by atoms with van der Waals surface area (Å²) in [6.45, 7) is 0. The van der Waals surface area contributed by atoms with E-state index in [1.165, 1.54) is 43.8 Å². The molecule has 0 fully saturated rings. The molecule has 7 aromatic rings. The van der Waals surface area contributed by atoms with Crippen LogP contribution >= 0.6 is 0 Å². The molecule has 0 spiro atoms. The zero-order valence-corrected chi connectivity index (χ0v) is 20.3. The Morgan fingerprint density at radius 3 is 1.95 bits per heavy atom. The summed E-state index contributed by atoms with van der Waals surface area (Å²) in [4.78, 5) is 0. The van der Waals surface area contributed by atoms with Crippen LogP contribution in [0, 0.1) is 0 Å². The number of hydrogen-bond donors (Lipinski definition) is 0. The van der Waals surface area contributed by atoms with Crippen molar-refractivity contribution in [3.05, 3.63) is 138 Å². The van der Waals surface area contributed by atoms with E-state index >= 15 is 0 Å². The van der Waals surface area contributed by atoms with Gasteiger partial charge in [0, 0.05) is 27.8 Å². The monoisotopic (exact) mass is 472 g/mol. The van der Waals surface area contributed by atoms with E-state index in [-0.39, 0.29) is 0 Å². The third-order valence-corrected chi connectivity index (χ3v) is 8.02. The van der Waals surface area contributed by atoms with Crippen LogP contribution in [0.3, 0.4) is 0 Å². The van der Waals surface area contributed by atoms with Gasteiger partial charge in [-0.1, -0.05) is 121 Å². The van der Waals surface area contributed by atoms with E-state index in [4.69, 9.17) is 4.42 Å². The third kappa shape index (κ3) is 3.04. The average Bonchev–Trinajstić information content (AvgIpc) is 3.35. The van der Waals surface area contributed by atoms with Crippen LogP contribution in [0.4, 0.5) is 0 Å². The molecule has 1 unspecified atom stereocenters. The Morgan fingerprint density at radius 2 is 1.16 bits per heavy atom. The van der Waals surface area contributed by atoms with Crippen LogP contribution < -0.4 is 0 Å². The highest BCUT2D eigenvalue weighted by Gasteiger charge is 2.24. The molecule has 0 saturated heterocycles. The molecule has 8 rings (SSSR count). The first kappa shape index (κ1) is 20.6. The maximum atomic E-state index is 6.51. The minimum absolute atomic E-state index is 0.320. The Labute approximate surface area is 215 Å². The topological polar surface area (TPSA) is 13.1 Å². The Hall–Kier alpha value is -4.62. The molecule has 1 aromatic heterocycles. The Kier molecular flexibility index (Phi) is 4.41. The van der Waals surface area contributed by atoms with Crippen molar-refractivity contribution in [1.82, 2.24) is 0 Å². The van der Waals surface area contributed by atoms with Crippen molar-refractivity contribution < 1.29 is 4.42 Å². The second-order valence-corrected chi connectivity index (χ2v) is 10.0. The smallest absolute Gasteiger partial charge is 0.143 e. The lowest BCUT2D eigenvalue weighted by Gasteiger charge is -2.25. The number of hydrogen-bond acceptors (Lipinski definition) is 1. The van der Waals surface area contributed by atoms with E-state index < -0.39 is 0 Å². The van der Waals surface area contributed by atoms with Gasteiger partial charge in [0.25, 0.3) is 0 Å². The van der Waals surface area contributed by atoms with E-state index in [0.717, 1.165) is 33.9 Å². The molecule has 1 nitrogen and oxygen atoms in total. The Bertz CT molecular complexity index is 1960. The first-order valence-corrected chi connectivity index (χ1v) is 13.0. The van der Waals surface area contributed by atoms with Crippen molar-refractivity contribution in [2.75, 3.05) is 0 Å². The van der Waals surface area contributed by atoms with Gasteiger partial charge in [-0.3, -0.25) is 0 Å². The molecular weight excluding hydrogens is 448 g/mol.